The Kier molecular flexibility index (Phi) is 8.72. The number of amides is 2. The number of benzene rings is 1. The van der Waals surface area contributed by atoms with Crippen LogP contribution in [0.4, 0.5) is 4.79 Å². The van der Waals surface area contributed by atoms with Crippen molar-refractivity contribution in [2.75, 3.05) is 80.9 Å². The third-order valence-electron chi connectivity index (χ3n) is 5.71. The third-order valence-corrected chi connectivity index (χ3v) is 5.71. The lowest BCUT2D eigenvalue weighted by Gasteiger charge is -2.32. The van der Waals surface area contributed by atoms with E-state index in [9.17, 15) is 9.59 Å². The number of rotatable bonds is 3. The third kappa shape index (κ3) is 5.85. The Labute approximate surface area is 193 Å². The monoisotopic (exact) mass is 463 g/mol. The van der Waals surface area contributed by atoms with E-state index in [1.807, 2.05) is 9.80 Å². The SMILES string of the molecule is CN1CCCN(C(=O)N2CCOCC2)CC1.COc1cc2nc[nH]c(=O)c2c(OC)c1OC. The van der Waals surface area contributed by atoms with Crippen LogP contribution in [0, 0.1) is 0 Å². The molecule has 0 atom stereocenters. The van der Waals surface area contributed by atoms with Gasteiger partial charge in [-0.05, 0) is 20.0 Å². The molecule has 2 fully saturated rings. The molecule has 4 rings (SSSR count). The summed E-state index contributed by atoms with van der Waals surface area (Å²) in [7, 11) is 6.57. The minimum absolute atomic E-state index is 0.193. The number of fused-ring (bicyclic) bond motifs is 1. The van der Waals surface area contributed by atoms with Gasteiger partial charge >= 0.3 is 6.03 Å². The summed E-state index contributed by atoms with van der Waals surface area (Å²) in [5, 5.41) is 0.340. The largest absolute Gasteiger partial charge is 0.493 e. The number of likely N-dealkylation sites (N-methyl/N-ethyl adjacent to an activating group) is 1. The number of aromatic nitrogens is 2. The molecule has 0 radical (unpaired) electrons. The molecule has 3 heterocycles. The van der Waals surface area contributed by atoms with Crippen molar-refractivity contribution in [3.8, 4) is 17.2 Å². The Morgan fingerprint density at radius 1 is 0.970 bits per heavy atom. The summed E-state index contributed by atoms with van der Waals surface area (Å²) in [6, 6.07) is 1.82. The molecule has 0 saturated carbocycles. The lowest BCUT2D eigenvalue weighted by molar-refractivity contribution is 0.0436. The van der Waals surface area contributed by atoms with E-state index in [1.54, 1.807) is 6.07 Å². The summed E-state index contributed by atoms with van der Waals surface area (Å²) in [5.74, 6) is 1.16. The van der Waals surface area contributed by atoms with Gasteiger partial charge in [-0.1, -0.05) is 0 Å². The van der Waals surface area contributed by atoms with Crippen LogP contribution in [0.25, 0.3) is 10.9 Å². The Morgan fingerprint density at radius 2 is 1.67 bits per heavy atom. The van der Waals surface area contributed by atoms with Crippen molar-refractivity contribution >= 4 is 16.9 Å². The number of carbonyl (C=O) groups is 1. The molecular weight excluding hydrogens is 430 g/mol. The van der Waals surface area contributed by atoms with Crippen LogP contribution >= 0.6 is 0 Å². The normalized spacial score (nSPS) is 17.1. The average molecular weight is 464 g/mol. The highest BCUT2D eigenvalue weighted by Crippen LogP contribution is 2.41. The standard InChI is InChI=1S/C11H21N3O2.C11H12N2O4/c1-12-3-2-4-13(6-5-12)11(15)14-7-9-16-10-8-14;1-15-7-4-6-8(11(14)13-5-12-6)10(17-3)9(7)16-2/h2-10H2,1H3;4-5H,1-3H3,(H,12,13,14). The van der Waals surface area contributed by atoms with Crippen molar-refractivity contribution in [1.29, 1.82) is 0 Å². The molecule has 1 N–H and O–H groups in total. The molecule has 0 unspecified atom stereocenters. The molecule has 2 aliphatic heterocycles. The zero-order chi connectivity index (χ0) is 23.8. The number of methoxy groups -OCH3 is 3. The molecule has 11 heteroatoms. The van der Waals surface area contributed by atoms with Crippen LogP contribution < -0.4 is 19.8 Å². The van der Waals surface area contributed by atoms with Crippen LogP contribution in [0.2, 0.25) is 0 Å². The Hall–Kier alpha value is -3.05. The number of urea groups is 1. The average Bonchev–Trinajstić information content (AvgIpc) is 3.07. The van der Waals surface area contributed by atoms with Gasteiger partial charge in [-0.25, -0.2) is 9.78 Å². The summed E-state index contributed by atoms with van der Waals surface area (Å²) in [6.45, 7) is 6.66. The van der Waals surface area contributed by atoms with Crippen molar-refractivity contribution < 1.29 is 23.7 Å². The molecule has 0 aliphatic carbocycles. The van der Waals surface area contributed by atoms with Gasteiger partial charge < -0.3 is 38.6 Å². The van der Waals surface area contributed by atoms with Gasteiger partial charge in [-0.2, -0.15) is 0 Å². The molecular formula is C22H33N5O6. The zero-order valence-electron chi connectivity index (χ0n) is 19.8. The first-order chi connectivity index (χ1) is 16.0. The number of aromatic amines is 1. The molecule has 2 aliphatic rings. The fraction of sp³-hybridized carbons (Fsp3) is 0.591. The van der Waals surface area contributed by atoms with Crippen LogP contribution in [0.1, 0.15) is 6.42 Å². The van der Waals surface area contributed by atoms with Crippen LogP contribution in [-0.4, -0.2) is 112 Å². The van der Waals surface area contributed by atoms with E-state index < -0.39 is 0 Å². The smallest absolute Gasteiger partial charge is 0.320 e. The fourth-order valence-corrected chi connectivity index (χ4v) is 3.89. The molecule has 1 aromatic heterocycles. The summed E-state index contributed by atoms with van der Waals surface area (Å²) >= 11 is 0. The first kappa shape index (κ1) is 24.6. The maximum atomic E-state index is 12.2. The van der Waals surface area contributed by atoms with Gasteiger partial charge in [0.15, 0.2) is 11.5 Å². The summed E-state index contributed by atoms with van der Waals surface area (Å²) < 4.78 is 20.8. The molecule has 1 aromatic carbocycles. The molecule has 0 bridgehead atoms. The quantitative estimate of drug-likeness (QED) is 0.719. The number of hydrogen-bond donors (Lipinski definition) is 1. The van der Waals surface area contributed by atoms with E-state index in [0.717, 1.165) is 45.7 Å². The van der Waals surface area contributed by atoms with Gasteiger partial charge in [0, 0.05) is 38.8 Å². The van der Waals surface area contributed by atoms with Gasteiger partial charge in [-0.3, -0.25) is 4.79 Å². The van der Waals surface area contributed by atoms with E-state index in [0.29, 0.717) is 41.4 Å². The van der Waals surface area contributed by atoms with Gasteiger partial charge in [-0.15, -0.1) is 0 Å². The number of morpholine rings is 1. The summed E-state index contributed by atoms with van der Waals surface area (Å²) in [4.78, 5) is 36.7. The maximum Gasteiger partial charge on any atom is 0.320 e. The van der Waals surface area contributed by atoms with Crippen molar-refractivity contribution in [1.82, 2.24) is 24.7 Å². The van der Waals surface area contributed by atoms with Crippen LogP contribution in [0.15, 0.2) is 17.2 Å². The number of ether oxygens (including phenoxy) is 4. The summed E-state index contributed by atoms with van der Waals surface area (Å²) in [6.07, 6.45) is 2.41. The van der Waals surface area contributed by atoms with Crippen molar-refractivity contribution in [3.63, 3.8) is 0 Å². The van der Waals surface area contributed by atoms with Crippen molar-refractivity contribution in [2.24, 2.45) is 0 Å². The predicted octanol–water partition coefficient (Wildman–Crippen LogP) is 1.03. The molecule has 2 aromatic rings. The molecule has 11 nitrogen and oxygen atoms in total. The van der Waals surface area contributed by atoms with Gasteiger partial charge in [0.2, 0.25) is 5.75 Å². The Morgan fingerprint density at radius 3 is 2.33 bits per heavy atom. The van der Waals surface area contributed by atoms with Crippen molar-refractivity contribution in [3.05, 3.63) is 22.7 Å². The fourth-order valence-electron chi connectivity index (χ4n) is 3.89. The molecule has 2 saturated heterocycles. The van der Waals surface area contributed by atoms with E-state index in [2.05, 4.69) is 21.9 Å². The topological polar surface area (TPSA) is 109 Å². The highest BCUT2D eigenvalue weighted by atomic mass is 16.5. The molecule has 33 heavy (non-hydrogen) atoms. The number of H-pyrrole nitrogens is 1. The van der Waals surface area contributed by atoms with E-state index in [1.165, 1.54) is 27.7 Å². The highest BCUT2D eigenvalue weighted by Gasteiger charge is 2.24. The van der Waals surface area contributed by atoms with Crippen LogP contribution in [0.3, 0.4) is 0 Å². The lowest BCUT2D eigenvalue weighted by Crippen LogP contribution is -2.49. The molecule has 2 amide bonds. The van der Waals surface area contributed by atoms with Gasteiger partial charge in [0.1, 0.15) is 5.39 Å². The van der Waals surface area contributed by atoms with Crippen molar-refractivity contribution in [2.45, 2.75) is 6.42 Å². The van der Waals surface area contributed by atoms with E-state index >= 15 is 0 Å². The highest BCUT2D eigenvalue weighted by molar-refractivity contribution is 5.89. The first-order valence-electron chi connectivity index (χ1n) is 11.0. The second kappa shape index (κ2) is 11.7. The number of carbonyl (C=O) groups excluding carboxylic acids is 1. The van der Waals surface area contributed by atoms with Crippen LogP contribution in [-0.2, 0) is 4.74 Å². The maximum absolute atomic E-state index is 12.2. The minimum atomic E-state index is -0.284. The van der Waals surface area contributed by atoms with E-state index in [-0.39, 0.29) is 11.6 Å². The number of hydrogen-bond acceptors (Lipinski definition) is 8. The van der Waals surface area contributed by atoms with Crippen LogP contribution in [0.5, 0.6) is 17.2 Å². The Bertz CT molecular complexity index is 991. The van der Waals surface area contributed by atoms with Gasteiger partial charge in [0.25, 0.3) is 5.56 Å². The first-order valence-corrected chi connectivity index (χ1v) is 11.0. The zero-order valence-corrected chi connectivity index (χ0v) is 19.8. The minimum Gasteiger partial charge on any atom is -0.493 e. The molecule has 182 valence electrons. The molecule has 0 spiro atoms. The van der Waals surface area contributed by atoms with E-state index in [4.69, 9.17) is 18.9 Å². The second-order valence-corrected chi connectivity index (χ2v) is 7.80. The lowest BCUT2D eigenvalue weighted by atomic mass is 10.2. The van der Waals surface area contributed by atoms with Gasteiger partial charge in [0.05, 0.1) is 46.4 Å². The Balaban J connectivity index is 0.000000186. The second-order valence-electron chi connectivity index (χ2n) is 7.80. The summed E-state index contributed by atoms with van der Waals surface area (Å²) in [5.41, 5.74) is 0.205. The number of nitrogens with one attached hydrogen (secondary N) is 1. The number of nitrogens with zero attached hydrogens (tertiary/aromatic N) is 4. The predicted molar refractivity (Wildman–Crippen MR) is 123 cm³/mol.